The lowest BCUT2D eigenvalue weighted by atomic mass is 10.1. The van der Waals surface area contributed by atoms with Crippen LogP contribution in [0.4, 0.5) is 0 Å². The van der Waals surface area contributed by atoms with Crippen molar-refractivity contribution < 1.29 is 4.74 Å². The van der Waals surface area contributed by atoms with Crippen molar-refractivity contribution in [2.75, 3.05) is 6.61 Å². The van der Waals surface area contributed by atoms with E-state index in [4.69, 9.17) is 4.74 Å². The van der Waals surface area contributed by atoms with Gasteiger partial charge >= 0.3 is 0 Å². The maximum Gasteiger partial charge on any atom is 0.120 e. The molecule has 3 rings (SSSR count). The average Bonchev–Trinajstić information content (AvgIpc) is 2.79. The molecule has 1 heterocycles. The van der Waals surface area contributed by atoms with Gasteiger partial charge in [0.25, 0.3) is 0 Å². The third-order valence-corrected chi connectivity index (χ3v) is 3.99. The molecule has 2 heteroatoms. The van der Waals surface area contributed by atoms with Crippen LogP contribution < -0.4 is 4.74 Å². The van der Waals surface area contributed by atoms with Gasteiger partial charge in [0.15, 0.2) is 0 Å². The Labute approximate surface area is 126 Å². The third-order valence-electron chi connectivity index (χ3n) is 3.99. The van der Waals surface area contributed by atoms with Crippen molar-refractivity contribution in [1.82, 2.24) is 4.57 Å². The molecular weight excluding hydrogens is 258 g/mol. The van der Waals surface area contributed by atoms with Crippen LogP contribution in [0, 0.1) is 6.92 Å². The van der Waals surface area contributed by atoms with Gasteiger partial charge in [-0.2, -0.15) is 0 Å². The predicted octanol–water partition coefficient (Wildman–Crippen LogP) is 4.90. The normalized spacial score (nSPS) is 11.0. The molecule has 0 saturated heterocycles. The summed E-state index contributed by atoms with van der Waals surface area (Å²) in [6, 6.07) is 16.9. The molecule has 0 aliphatic heterocycles. The highest BCUT2D eigenvalue weighted by Gasteiger charge is 2.14. The van der Waals surface area contributed by atoms with Crippen LogP contribution in [-0.2, 0) is 6.42 Å². The van der Waals surface area contributed by atoms with Crippen molar-refractivity contribution in [2.45, 2.75) is 27.2 Å². The average molecular weight is 279 g/mol. The molecule has 0 radical (unpaired) electrons. The number of benzene rings is 2. The lowest BCUT2D eigenvalue weighted by Crippen LogP contribution is -1.96. The Kier molecular flexibility index (Phi) is 3.70. The van der Waals surface area contributed by atoms with E-state index in [0.717, 1.165) is 12.2 Å². The lowest BCUT2D eigenvalue weighted by Gasteiger charge is -2.09. The van der Waals surface area contributed by atoms with E-state index in [0.29, 0.717) is 6.61 Å². The van der Waals surface area contributed by atoms with Crippen LogP contribution in [0.5, 0.6) is 5.75 Å². The lowest BCUT2D eigenvalue weighted by molar-refractivity contribution is 0.340. The molecular formula is C19H21NO. The summed E-state index contributed by atoms with van der Waals surface area (Å²) in [5.74, 6) is 0.949. The summed E-state index contributed by atoms with van der Waals surface area (Å²) in [6.45, 7) is 7.13. The van der Waals surface area contributed by atoms with Crippen LogP contribution in [0.1, 0.15) is 25.1 Å². The zero-order valence-corrected chi connectivity index (χ0v) is 12.9. The molecule has 0 unspecified atom stereocenters. The first-order valence-corrected chi connectivity index (χ1v) is 7.58. The number of rotatable bonds is 4. The third kappa shape index (κ3) is 2.31. The Bertz CT molecular complexity index is 756. The van der Waals surface area contributed by atoms with Gasteiger partial charge in [-0.05, 0) is 56.2 Å². The van der Waals surface area contributed by atoms with E-state index in [1.165, 1.54) is 27.8 Å². The summed E-state index contributed by atoms with van der Waals surface area (Å²) in [5, 5.41) is 1.30. The molecule has 1 aromatic heterocycles. The van der Waals surface area contributed by atoms with Crippen LogP contribution in [0.2, 0.25) is 0 Å². The zero-order valence-electron chi connectivity index (χ0n) is 12.9. The molecule has 21 heavy (non-hydrogen) atoms. The van der Waals surface area contributed by atoms with E-state index in [1.54, 1.807) is 0 Å². The molecule has 0 aliphatic carbocycles. The van der Waals surface area contributed by atoms with Gasteiger partial charge < -0.3 is 9.30 Å². The molecule has 0 amide bonds. The van der Waals surface area contributed by atoms with E-state index in [-0.39, 0.29) is 0 Å². The minimum atomic E-state index is 0.700. The van der Waals surface area contributed by atoms with Gasteiger partial charge in [0.05, 0.1) is 12.1 Å². The number of hydrogen-bond donors (Lipinski definition) is 0. The van der Waals surface area contributed by atoms with Gasteiger partial charge in [-0.25, -0.2) is 0 Å². The fourth-order valence-corrected chi connectivity index (χ4v) is 3.07. The second kappa shape index (κ2) is 5.65. The van der Waals surface area contributed by atoms with Crippen LogP contribution in [0.3, 0.4) is 0 Å². The number of aromatic nitrogens is 1. The molecule has 2 nitrogen and oxygen atoms in total. The minimum absolute atomic E-state index is 0.700. The smallest absolute Gasteiger partial charge is 0.120 e. The van der Waals surface area contributed by atoms with Gasteiger partial charge in [0.2, 0.25) is 0 Å². The number of fused-ring (bicyclic) bond motifs is 1. The topological polar surface area (TPSA) is 14.2 Å². The van der Waals surface area contributed by atoms with Crippen LogP contribution >= 0.6 is 0 Å². The Morgan fingerprint density at radius 3 is 2.43 bits per heavy atom. The first-order valence-electron chi connectivity index (χ1n) is 7.58. The summed E-state index contributed by atoms with van der Waals surface area (Å²) in [7, 11) is 0. The number of nitrogens with zero attached hydrogens (tertiary/aromatic N) is 1. The summed E-state index contributed by atoms with van der Waals surface area (Å²) in [4.78, 5) is 0. The zero-order chi connectivity index (χ0) is 14.8. The van der Waals surface area contributed by atoms with Crippen LogP contribution in [0.25, 0.3) is 16.6 Å². The SMILES string of the molecule is CCOc1ccc2c(c1)c(CC)c(C)n2-c1ccccc1. The fourth-order valence-electron chi connectivity index (χ4n) is 3.07. The van der Waals surface area contributed by atoms with Crippen molar-refractivity contribution in [3.05, 3.63) is 59.8 Å². The van der Waals surface area contributed by atoms with Crippen LogP contribution in [0.15, 0.2) is 48.5 Å². The summed E-state index contributed by atoms with van der Waals surface area (Å²) in [6.07, 6.45) is 1.03. The van der Waals surface area contributed by atoms with Crippen molar-refractivity contribution in [1.29, 1.82) is 0 Å². The largest absolute Gasteiger partial charge is 0.494 e. The molecule has 0 spiro atoms. The summed E-state index contributed by atoms with van der Waals surface area (Å²) >= 11 is 0. The van der Waals surface area contributed by atoms with Gasteiger partial charge in [-0.3, -0.25) is 0 Å². The second-order valence-electron chi connectivity index (χ2n) is 5.20. The Morgan fingerprint density at radius 2 is 1.76 bits per heavy atom. The first kappa shape index (κ1) is 13.7. The molecule has 108 valence electrons. The van der Waals surface area contributed by atoms with E-state index in [1.807, 2.05) is 6.92 Å². The number of para-hydroxylation sites is 1. The molecule has 0 saturated carbocycles. The maximum atomic E-state index is 5.66. The van der Waals surface area contributed by atoms with Gasteiger partial charge in [-0.15, -0.1) is 0 Å². The van der Waals surface area contributed by atoms with E-state index in [9.17, 15) is 0 Å². The van der Waals surface area contributed by atoms with Crippen molar-refractivity contribution in [2.24, 2.45) is 0 Å². The highest BCUT2D eigenvalue weighted by molar-refractivity contribution is 5.88. The molecule has 0 fully saturated rings. The molecule has 0 bridgehead atoms. The van der Waals surface area contributed by atoms with E-state index >= 15 is 0 Å². The highest BCUT2D eigenvalue weighted by atomic mass is 16.5. The highest BCUT2D eigenvalue weighted by Crippen LogP contribution is 2.32. The molecule has 0 aliphatic rings. The van der Waals surface area contributed by atoms with E-state index in [2.05, 4.69) is 66.9 Å². The van der Waals surface area contributed by atoms with Crippen molar-refractivity contribution >= 4 is 10.9 Å². The second-order valence-corrected chi connectivity index (χ2v) is 5.20. The quantitative estimate of drug-likeness (QED) is 0.662. The molecule has 2 aromatic carbocycles. The van der Waals surface area contributed by atoms with E-state index < -0.39 is 0 Å². The van der Waals surface area contributed by atoms with Gasteiger partial charge in [0, 0.05) is 16.8 Å². The van der Waals surface area contributed by atoms with Crippen molar-refractivity contribution in [3.63, 3.8) is 0 Å². The summed E-state index contributed by atoms with van der Waals surface area (Å²) in [5.41, 5.74) is 5.17. The Balaban J connectivity index is 2.28. The number of aryl methyl sites for hydroxylation is 1. The monoisotopic (exact) mass is 279 g/mol. The fraction of sp³-hybridized carbons (Fsp3) is 0.263. The molecule has 3 aromatic rings. The number of ether oxygens (including phenoxy) is 1. The first-order chi connectivity index (χ1) is 10.3. The van der Waals surface area contributed by atoms with Gasteiger partial charge in [-0.1, -0.05) is 25.1 Å². The van der Waals surface area contributed by atoms with Crippen LogP contribution in [-0.4, -0.2) is 11.2 Å². The van der Waals surface area contributed by atoms with Gasteiger partial charge in [0.1, 0.15) is 5.75 Å². The van der Waals surface area contributed by atoms with Crippen molar-refractivity contribution in [3.8, 4) is 11.4 Å². The Morgan fingerprint density at radius 1 is 1.00 bits per heavy atom. The predicted molar refractivity (Wildman–Crippen MR) is 88.6 cm³/mol. The number of hydrogen-bond acceptors (Lipinski definition) is 1. The molecule has 0 N–H and O–H groups in total. The standard InChI is InChI=1S/C19H21NO/c1-4-17-14(3)20(15-9-7-6-8-10-15)19-12-11-16(21-5-2)13-18(17)19/h6-13H,4-5H2,1-3H3. The maximum absolute atomic E-state index is 5.66. The summed E-state index contributed by atoms with van der Waals surface area (Å²) < 4.78 is 8.00. The Hall–Kier alpha value is -2.22. The minimum Gasteiger partial charge on any atom is -0.494 e. The molecule has 0 atom stereocenters.